The number of piperazine rings is 1. The number of hydrogen-bond donors (Lipinski definition) is 1. The van der Waals surface area contributed by atoms with Gasteiger partial charge in [0.25, 0.3) is 0 Å². The molecule has 1 N–H and O–H groups in total. The number of alkyl halides is 9. The third kappa shape index (κ3) is 5.40. The number of hydrogen-bond acceptors (Lipinski definition) is 2. The molecule has 2 nitrogen and oxygen atoms in total. The summed E-state index contributed by atoms with van der Waals surface area (Å²) in [5.74, 6) is 0. The van der Waals surface area contributed by atoms with Crippen LogP contribution in [0.5, 0.6) is 0 Å². The van der Waals surface area contributed by atoms with E-state index in [1.807, 2.05) is 0 Å². The smallest absolute Gasteiger partial charge is 0.314 e. The molecule has 2 rings (SSSR count). The number of benzene rings is 1. The lowest BCUT2D eigenvalue weighted by atomic mass is 9.97. The molecular formula is C14H14ClF9N2. The number of nitrogens with zero attached hydrogens (tertiary/aromatic N) is 1. The molecule has 0 amide bonds. The summed E-state index contributed by atoms with van der Waals surface area (Å²) in [7, 11) is 0. The van der Waals surface area contributed by atoms with Crippen molar-refractivity contribution < 1.29 is 39.5 Å². The van der Waals surface area contributed by atoms with Gasteiger partial charge in [0.05, 0.1) is 11.1 Å². The van der Waals surface area contributed by atoms with Crippen molar-refractivity contribution in [3.05, 3.63) is 34.9 Å². The summed E-state index contributed by atoms with van der Waals surface area (Å²) in [6.07, 6.45) is -15.4. The first-order valence-corrected chi connectivity index (χ1v) is 7.11. The van der Waals surface area contributed by atoms with E-state index in [0.29, 0.717) is 0 Å². The van der Waals surface area contributed by atoms with Crippen molar-refractivity contribution in [1.29, 1.82) is 0 Å². The topological polar surface area (TPSA) is 15.3 Å². The Morgan fingerprint density at radius 2 is 1.19 bits per heavy atom. The van der Waals surface area contributed by atoms with Gasteiger partial charge in [-0.2, -0.15) is 39.5 Å². The monoisotopic (exact) mass is 416 g/mol. The highest BCUT2D eigenvalue weighted by molar-refractivity contribution is 5.85. The maximum Gasteiger partial charge on any atom is 0.416 e. The van der Waals surface area contributed by atoms with Crippen molar-refractivity contribution in [1.82, 2.24) is 10.2 Å². The number of nitrogens with one attached hydrogen (secondary N) is 1. The molecular weight excluding hydrogens is 403 g/mol. The molecule has 0 spiro atoms. The molecule has 0 aliphatic carbocycles. The fourth-order valence-electron chi connectivity index (χ4n) is 2.68. The van der Waals surface area contributed by atoms with Gasteiger partial charge < -0.3 is 5.32 Å². The SMILES string of the molecule is Cl.FC(F)(F)c1cc([C@H](N2CCNCC2)C(F)(F)F)cc(C(F)(F)F)c1. The molecule has 1 saturated heterocycles. The second kappa shape index (κ2) is 7.81. The van der Waals surface area contributed by atoms with E-state index in [9.17, 15) is 39.5 Å². The Kier molecular flexibility index (Phi) is 6.86. The van der Waals surface area contributed by atoms with E-state index in [1.165, 1.54) is 0 Å². The van der Waals surface area contributed by atoms with Crippen LogP contribution in [0.3, 0.4) is 0 Å². The van der Waals surface area contributed by atoms with Crippen molar-refractivity contribution in [2.45, 2.75) is 24.6 Å². The van der Waals surface area contributed by atoms with Gasteiger partial charge in [-0.25, -0.2) is 0 Å². The lowest BCUT2D eigenvalue weighted by molar-refractivity contribution is -0.188. The predicted octanol–water partition coefficient (Wildman–Crippen LogP) is 4.65. The molecule has 1 aliphatic heterocycles. The predicted molar refractivity (Wildman–Crippen MR) is 76.9 cm³/mol. The second-order valence-electron chi connectivity index (χ2n) is 5.57. The van der Waals surface area contributed by atoms with Crippen LogP contribution < -0.4 is 5.32 Å². The van der Waals surface area contributed by atoms with Crippen LogP contribution in [0, 0.1) is 0 Å². The standard InChI is InChI=1S/C14H13F9N2.ClH/c15-12(16,17)9-5-8(6-10(7-9)13(18,19)20)11(14(21,22)23)25-3-1-24-2-4-25;/h5-7,11,24H,1-4H2;1H/t11-;/m0./s1. The van der Waals surface area contributed by atoms with Crippen LogP contribution in [0.4, 0.5) is 39.5 Å². The first-order chi connectivity index (χ1) is 11.3. The van der Waals surface area contributed by atoms with Gasteiger partial charge in [0, 0.05) is 26.2 Å². The zero-order valence-electron chi connectivity index (χ0n) is 12.9. The van der Waals surface area contributed by atoms with Crippen LogP contribution in [-0.2, 0) is 12.4 Å². The number of rotatable bonds is 2. The minimum absolute atomic E-state index is 0. The average molecular weight is 417 g/mol. The van der Waals surface area contributed by atoms with Crippen molar-refractivity contribution in [2.75, 3.05) is 26.2 Å². The summed E-state index contributed by atoms with van der Waals surface area (Å²) < 4.78 is 117. The van der Waals surface area contributed by atoms with Crippen LogP contribution >= 0.6 is 12.4 Å². The second-order valence-corrected chi connectivity index (χ2v) is 5.57. The summed E-state index contributed by atoms with van der Waals surface area (Å²) in [5, 5.41) is 2.77. The summed E-state index contributed by atoms with van der Waals surface area (Å²) in [6.45, 7) is -0.00111. The summed E-state index contributed by atoms with van der Waals surface area (Å²) in [5.41, 5.74) is -4.60. The molecule has 1 fully saturated rings. The van der Waals surface area contributed by atoms with Crippen LogP contribution in [-0.4, -0.2) is 37.3 Å². The molecule has 1 aliphatic rings. The van der Waals surface area contributed by atoms with Crippen LogP contribution in [0.25, 0.3) is 0 Å². The lowest BCUT2D eigenvalue weighted by Crippen LogP contribution is -2.49. The molecule has 1 aromatic rings. The van der Waals surface area contributed by atoms with Gasteiger partial charge in [-0.3, -0.25) is 4.90 Å². The Bertz CT molecular complexity index is 572. The molecule has 26 heavy (non-hydrogen) atoms. The van der Waals surface area contributed by atoms with E-state index in [4.69, 9.17) is 0 Å². The van der Waals surface area contributed by atoms with Gasteiger partial charge in [-0.05, 0) is 23.8 Å². The Morgan fingerprint density at radius 3 is 1.54 bits per heavy atom. The molecule has 1 heterocycles. The normalized spacial score (nSPS) is 18.3. The Morgan fingerprint density at radius 1 is 0.769 bits per heavy atom. The summed E-state index contributed by atoms with van der Waals surface area (Å²) in [4.78, 5) is 0.826. The van der Waals surface area contributed by atoms with E-state index in [0.717, 1.165) is 4.90 Å². The van der Waals surface area contributed by atoms with Gasteiger partial charge in [0.2, 0.25) is 0 Å². The highest BCUT2D eigenvalue weighted by Crippen LogP contribution is 2.43. The molecule has 0 aromatic heterocycles. The molecule has 1 aromatic carbocycles. The van der Waals surface area contributed by atoms with E-state index < -0.39 is 41.3 Å². The summed E-state index contributed by atoms with van der Waals surface area (Å²) in [6, 6.07) is -2.46. The highest BCUT2D eigenvalue weighted by atomic mass is 35.5. The first-order valence-electron chi connectivity index (χ1n) is 7.11. The van der Waals surface area contributed by atoms with E-state index in [-0.39, 0.29) is 56.8 Å². The molecule has 0 unspecified atom stereocenters. The average Bonchev–Trinajstić information content (AvgIpc) is 2.45. The molecule has 150 valence electrons. The quantitative estimate of drug-likeness (QED) is 0.706. The first kappa shape index (κ1) is 22.8. The van der Waals surface area contributed by atoms with E-state index in [1.54, 1.807) is 0 Å². The zero-order chi connectivity index (χ0) is 19.0. The maximum atomic E-state index is 13.4. The molecule has 0 bridgehead atoms. The van der Waals surface area contributed by atoms with Gasteiger partial charge in [0.1, 0.15) is 6.04 Å². The minimum atomic E-state index is -5.20. The van der Waals surface area contributed by atoms with E-state index in [2.05, 4.69) is 5.32 Å². The third-order valence-corrected chi connectivity index (χ3v) is 3.75. The molecule has 1 atom stereocenters. The van der Waals surface area contributed by atoms with Gasteiger partial charge in [0.15, 0.2) is 0 Å². The van der Waals surface area contributed by atoms with Crippen molar-refractivity contribution in [2.24, 2.45) is 0 Å². The fourth-order valence-corrected chi connectivity index (χ4v) is 2.68. The van der Waals surface area contributed by atoms with Crippen LogP contribution in [0.1, 0.15) is 22.7 Å². The van der Waals surface area contributed by atoms with Crippen molar-refractivity contribution in [3.63, 3.8) is 0 Å². The van der Waals surface area contributed by atoms with Gasteiger partial charge >= 0.3 is 18.5 Å². The number of halogens is 10. The fraction of sp³-hybridized carbons (Fsp3) is 0.571. The minimum Gasteiger partial charge on any atom is -0.314 e. The summed E-state index contributed by atoms with van der Waals surface area (Å²) >= 11 is 0. The largest absolute Gasteiger partial charge is 0.416 e. The van der Waals surface area contributed by atoms with E-state index >= 15 is 0 Å². The highest BCUT2D eigenvalue weighted by Gasteiger charge is 2.47. The third-order valence-electron chi connectivity index (χ3n) is 3.75. The van der Waals surface area contributed by atoms with Crippen LogP contribution in [0.2, 0.25) is 0 Å². The molecule has 0 saturated carbocycles. The maximum absolute atomic E-state index is 13.4. The Balaban J connectivity index is 0.00000338. The Labute approximate surface area is 148 Å². The Hall–Kier alpha value is -1.20. The van der Waals surface area contributed by atoms with Crippen molar-refractivity contribution >= 4 is 12.4 Å². The molecule has 12 heteroatoms. The zero-order valence-corrected chi connectivity index (χ0v) is 13.7. The van der Waals surface area contributed by atoms with Gasteiger partial charge in [-0.15, -0.1) is 12.4 Å². The van der Waals surface area contributed by atoms with Gasteiger partial charge in [-0.1, -0.05) is 0 Å². The van der Waals surface area contributed by atoms with Crippen LogP contribution in [0.15, 0.2) is 18.2 Å². The lowest BCUT2D eigenvalue weighted by Gasteiger charge is -2.36. The van der Waals surface area contributed by atoms with Crippen molar-refractivity contribution in [3.8, 4) is 0 Å². The molecule has 0 radical (unpaired) electrons.